The molecule has 0 aliphatic heterocycles. The number of benzene rings is 2. The summed E-state index contributed by atoms with van der Waals surface area (Å²) in [7, 11) is 1.54. The molecular formula is C18H14N2O4. The van der Waals surface area contributed by atoms with E-state index in [9.17, 15) is 4.79 Å². The van der Waals surface area contributed by atoms with Crippen LogP contribution in [0.5, 0.6) is 5.75 Å². The smallest absolute Gasteiger partial charge is 0.347 e. The Morgan fingerprint density at radius 2 is 2.04 bits per heavy atom. The van der Waals surface area contributed by atoms with Gasteiger partial charge in [-0.05, 0) is 30.3 Å². The van der Waals surface area contributed by atoms with Gasteiger partial charge in [0.1, 0.15) is 22.7 Å². The van der Waals surface area contributed by atoms with Crippen molar-refractivity contribution < 1.29 is 13.9 Å². The van der Waals surface area contributed by atoms with E-state index in [-0.39, 0.29) is 6.79 Å². The van der Waals surface area contributed by atoms with Crippen LogP contribution in [-0.2, 0) is 4.74 Å². The van der Waals surface area contributed by atoms with Crippen molar-refractivity contribution in [2.24, 2.45) is 0 Å². The van der Waals surface area contributed by atoms with E-state index in [1.165, 1.54) is 0 Å². The van der Waals surface area contributed by atoms with Gasteiger partial charge in [-0.1, -0.05) is 12.1 Å². The molecule has 0 amide bonds. The number of imidazole rings is 1. The second kappa shape index (κ2) is 5.82. The summed E-state index contributed by atoms with van der Waals surface area (Å²) in [4.78, 5) is 19.9. The first kappa shape index (κ1) is 14.5. The summed E-state index contributed by atoms with van der Waals surface area (Å²) in [5.41, 5.74) is 2.06. The van der Waals surface area contributed by atoms with Gasteiger partial charge in [0.25, 0.3) is 0 Å². The zero-order valence-electron chi connectivity index (χ0n) is 12.9. The lowest BCUT2D eigenvalue weighted by Crippen LogP contribution is -2.04. The maximum Gasteiger partial charge on any atom is 0.347 e. The molecule has 0 aliphatic carbocycles. The van der Waals surface area contributed by atoms with E-state index in [2.05, 4.69) is 9.97 Å². The number of aromatic amines is 1. The summed E-state index contributed by atoms with van der Waals surface area (Å²) in [6, 6.07) is 14.7. The molecule has 0 atom stereocenters. The van der Waals surface area contributed by atoms with Gasteiger partial charge in [0.2, 0.25) is 0 Å². The van der Waals surface area contributed by atoms with Gasteiger partial charge in [0, 0.05) is 18.6 Å². The molecule has 2 heterocycles. The molecule has 0 saturated heterocycles. The van der Waals surface area contributed by atoms with Crippen molar-refractivity contribution in [3.8, 4) is 17.1 Å². The molecule has 0 fully saturated rings. The number of nitrogens with zero attached hydrogens (tertiary/aromatic N) is 1. The molecule has 0 saturated carbocycles. The molecule has 0 spiro atoms. The van der Waals surface area contributed by atoms with Crippen LogP contribution in [0.4, 0.5) is 0 Å². The number of para-hydroxylation sites is 2. The maximum absolute atomic E-state index is 12.3. The molecule has 4 aromatic rings. The third-order valence-corrected chi connectivity index (χ3v) is 3.70. The summed E-state index contributed by atoms with van der Waals surface area (Å²) in [6.07, 6.45) is 0. The molecule has 120 valence electrons. The average Bonchev–Trinajstić information content (AvgIpc) is 3.03. The number of aromatic nitrogens is 2. The SMILES string of the molecule is COCOc1ccc2cc(-c3nc4ccccc4[nH]3)c(=O)oc2c1. The molecule has 2 aromatic carbocycles. The Balaban J connectivity index is 1.81. The number of rotatable bonds is 4. The van der Waals surface area contributed by atoms with Crippen molar-refractivity contribution in [2.75, 3.05) is 13.9 Å². The van der Waals surface area contributed by atoms with Crippen molar-refractivity contribution >= 4 is 22.0 Å². The minimum atomic E-state index is -0.453. The van der Waals surface area contributed by atoms with E-state index < -0.39 is 5.63 Å². The van der Waals surface area contributed by atoms with Crippen LogP contribution in [0.3, 0.4) is 0 Å². The highest BCUT2D eigenvalue weighted by Crippen LogP contribution is 2.24. The topological polar surface area (TPSA) is 77.4 Å². The quantitative estimate of drug-likeness (QED) is 0.461. The molecule has 6 nitrogen and oxygen atoms in total. The average molecular weight is 322 g/mol. The Morgan fingerprint density at radius 1 is 1.17 bits per heavy atom. The summed E-state index contributed by atoms with van der Waals surface area (Å²) in [6.45, 7) is 0.132. The van der Waals surface area contributed by atoms with E-state index in [1.807, 2.05) is 30.3 Å². The Kier molecular flexibility index (Phi) is 3.51. The first-order chi connectivity index (χ1) is 11.7. The highest BCUT2D eigenvalue weighted by molar-refractivity contribution is 5.84. The standard InChI is InChI=1S/C18H14N2O4/c1-22-10-23-12-7-6-11-8-13(18(21)24-16(11)9-12)17-19-14-4-2-3-5-15(14)20-17/h2-9H,10H2,1H3,(H,19,20). The highest BCUT2D eigenvalue weighted by atomic mass is 16.7. The molecule has 0 bridgehead atoms. The van der Waals surface area contributed by atoms with E-state index in [0.717, 1.165) is 16.4 Å². The van der Waals surface area contributed by atoms with Crippen molar-refractivity contribution in [1.82, 2.24) is 9.97 Å². The molecule has 1 N–H and O–H groups in total. The van der Waals surface area contributed by atoms with Crippen LogP contribution < -0.4 is 10.4 Å². The van der Waals surface area contributed by atoms with Crippen LogP contribution in [0.2, 0.25) is 0 Å². The Labute approximate surface area is 136 Å². The number of methoxy groups -OCH3 is 1. The van der Waals surface area contributed by atoms with Gasteiger partial charge < -0.3 is 18.9 Å². The van der Waals surface area contributed by atoms with Crippen molar-refractivity contribution in [1.29, 1.82) is 0 Å². The second-order valence-corrected chi connectivity index (χ2v) is 5.30. The van der Waals surface area contributed by atoms with E-state index in [4.69, 9.17) is 13.9 Å². The molecular weight excluding hydrogens is 308 g/mol. The number of nitrogens with one attached hydrogen (secondary N) is 1. The molecule has 0 aliphatic rings. The van der Waals surface area contributed by atoms with Gasteiger partial charge in [0.15, 0.2) is 6.79 Å². The van der Waals surface area contributed by atoms with Gasteiger partial charge in [-0.25, -0.2) is 9.78 Å². The first-order valence-corrected chi connectivity index (χ1v) is 7.39. The largest absolute Gasteiger partial charge is 0.467 e. The highest BCUT2D eigenvalue weighted by Gasteiger charge is 2.12. The first-order valence-electron chi connectivity index (χ1n) is 7.39. The lowest BCUT2D eigenvalue weighted by Gasteiger charge is -2.05. The van der Waals surface area contributed by atoms with Gasteiger partial charge in [0.05, 0.1) is 11.0 Å². The van der Waals surface area contributed by atoms with Crippen molar-refractivity contribution in [3.05, 3.63) is 59.0 Å². The summed E-state index contributed by atoms with van der Waals surface area (Å²) < 4.78 is 15.6. The van der Waals surface area contributed by atoms with Gasteiger partial charge in [-0.2, -0.15) is 0 Å². The monoisotopic (exact) mass is 322 g/mol. The fraction of sp³-hybridized carbons (Fsp3) is 0.111. The van der Waals surface area contributed by atoms with E-state index in [1.54, 1.807) is 25.3 Å². The van der Waals surface area contributed by atoms with Gasteiger partial charge in [-0.15, -0.1) is 0 Å². The number of fused-ring (bicyclic) bond motifs is 2. The Hall–Kier alpha value is -3.12. The predicted molar refractivity (Wildman–Crippen MR) is 90.1 cm³/mol. The summed E-state index contributed by atoms with van der Waals surface area (Å²) in [5, 5.41) is 0.787. The lowest BCUT2D eigenvalue weighted by molar-refractivity contribution is 0.0512. The minimum Gasteiger partial charge on any atom is -0.467 e. The lowest BCUT2D eigenvalue weighted by atomic mass is 10.1. The van der Waals surface area contributed by atoms with Crippen molar-refractivity contribution in [2.45, 2.75) is 0 Å². The summed E-state index contributed by atoms with van der Waals surface area (Å²) in [5.74, 6) is 1.07. The molecule has 0 radical (unpaired) electrons. The van der Waals surface area contributed by atoms with Crippen LogP contribution in [-0.4, -0.2) is 23.9 Å². The molecule has 6 heteroatoms. The normalized spacial score (nSPS) is 11.2. The van der Waals surface area contributed by atoms with E-state index in [0.29, 0.717) is 22.7 Å². The van der Waals surface area contributed by atoms with Crippen LogP contribution in [0.25, 0.3) is 33.4 Å². The molecule has 0 unspecified atom stereocenters. The fourth-order valence-electron chi connectivity index (χ4n) is 2.55. The second-order valence-electron chi connectivity index (χ2n) is 5.30. The van der Waals surface area contributed by atoms with Gasteiger partial charge >= 0.3 is 5.63 Å². The van der Waals surface area contributed by atoms with Gasteiger partial charge in [-0.3, -0.25) is 0 Å². The predicted octanol–water partition coefficient (Wildman–Crippen LogP) is 3.32. The zero-order chi connectivity index (χ0) is 16.5. The third kappa shape index (κ3) is 2.53. The molecule has 4 rings (SSSR count). The van der Waals surface area contributed by atoms with Crippen LogP contribution in [0.1, 0.15) is 0 Å². The minimum absolute atomic E-state index is 0.132. The number of hydrogen-bond acceptors (Lipinski definition) is 5. The van der Waals surface area contributed by atoms with E-state index >= 15 is 0 Å². The number of hydrogen-bond donors (Lipinski definition) is 1. The van der Waals surface area contributed by atoms with Crippen molar-refractivity contribution in [3.63, 3.8) is 0 Å². The van der Waals surface area contributed by atoms with Crippen LogP contribution in [0.15, 0.2) is 57.7 Å². The van der Waals surface area contributed by atoms with Crippen LogP contribution in [0, 0.1) is 0 Å². The molecule has 2 aromatic heterocycles. The maximum atomic E-state index is 12.3. The zero-order valence-corrected chi connectivity index (χ0v) is 12.9. The number of ether oxygens (including phenoxy) is 2. The fourth-order valence-corrected chi connectivity index (χ4v) is 2.55. The summed E-state index contributed by atoms with van der Waals surface area (Å²) >= 11 is 0. The van der Waals surface area contributed by atoms with Crippen LogP contribution >= 0.6 is 0 Å². The molecule has 24 heavy (non-hydrogen) atoms. The Bertz CT molecular complexity index is 1050. The Morgan fingerprint density at radius 3 is 2.88 bits per heavy atom. The number of H-pyrrole nitrogens is 1. The third-order valence-electron chi connectivity index (χ3n) is 3.70.